The first kappa shape index (κ1) is 15.0. The predicted molar refractivity (Wildman–Crippen MR) is 91.5 cm³/mol. The van der Waals surface area contributed by atoms with Crippen LogP contribution in [0.5, 0.6) is 0 Å². The molecule has 1 aliphatic heterocycles. The van der Waals surface area contributed by atoms with E-state index < -0.39 is 5.97 Å². The maximum absolute atomic E-state index is 12.2. The van der Waals surface area contributed by atoms with Gasteiger partial charge in [-0.2, -0.15) is 0 Å². The van der Waals surface area contributed by atoms with Gasteiger partial charge in [0.25, 0.3) is 0 Å². The monoisotopic (exact) mass is 331 g/mol. The summed E-state index contributed by atoms with van der Waals surface area (Å²) in [6.45, 7) is 1.76. The van der Waals surface area contributed by atoms with E-state index in [1.807, 2.05) is 36.4 Å². The average Bonchev–Trinajstić information content (AvgIpc) is 3.19. The summed E-state index contributed by atoms with van der Waals surface area (Å²) < 4.78 is 10.7. The maximum atomic E-state index is 12.2. The number of aryl methyl sites for hydroxylation is 1. The number of hydrogen-bond donors (Lipinski definition) is 0. The second kappa shape index (κ2) is 6.16. The van der Waals surface area contributed by atoms with Crippen LogP contribution in [0.2, 0.25) is 0 Å². The Morgan fingerprint density at radius 1 is 1.08 bits per heavy atom. The van der Waals surface area contributed by atoms with Gasteiger partial charge in [-0.15, -0.1) is 0 Å². The second-order valence-corrected chi connectivity index (χ2v) is 5.45. The fraction of sp³-hybridized carbons (Fsp3) is 0.0526. The molecule has 0 radical (unpaired) electrons. The van der Waals surface area contributed by atoms with E-state index in [9.17, 15) is 4.79 Å². The lowest BCUT2D eigenvalue weighted by atomic mass is 10.1. The topological polar surface area (TPSA) is 77.6 Å². The third-order valence-electron chi connectivity index (χ3n) is 3.73. The zero-order valence-corrected chi connectivity index (χ0v) is 13.3. The van der Waals surface area contributed by atoms with Crippen molar-refractivity contribution in [2.75, 3.05) is 0 Å². The van der Waals surface area contributed by atoms with E-state index in [0.29, 0.717) is 17.0 Å². The van der Waals surface area contributed by atoms with E-state index in [0.717, 1.165) is 11.1 Å². The molecule has 0 bridgehead atoms. The zero-order valence-electron chi connectivity index (χ0n) is 13.3. The van der Waals surface area contributed by atoms with Crippen molar-refractivity contribution in [3.05, 3.63) is 77.4 Å². The minimum atomic E-state index is -0.515. The van der Waals surface area contributed by atoms with Crippen molar-refractivity contribution < 1.29 is 14.1 Å². The van der Waals surface area contributed by atoms with Crippen LogP contribution in [0.1, 0.15) is 16.9 Å². The first-order valence-electron chi connectivity index (χ1n) is 7.67. The molecule has 122 valence electrons. The van der Waals surface area contributed by atoms with E-state index in [1.165, 1.54) is 0 Å². The summed E-state index contributed by atoms with van der Waals surface area (Å²) in [4.78, 5) is 20.5. The highest BCUT2D eigenvalue weighted by Gasteiger charge is 2.30. The van der Waals surface area contributed by atoms with Crippen molar-refractivity contribution in [2.45, 2.75) is 6.92 Å². The molecule has 25 heavy (non-hydrogen) atoms. The number of esters is 1. The molecule has 0 N–H and O–H groups in total. The molecule has 0 amide bonds. The first-order chi connectivity index (χ1) is 12.2. The molecule has 0 aliphatic carbocycles. The Morgan fingerprint density at radius 2 is 1.92 bits per heavy atom. The minimum absolute atomic E-state index is 0.192. The number of carbonyl (C=O) groups excluding carboxylic acids is 1. The smallest absolute Gasteiger partial charge is 0.363 e. The van der Waals surface area contributed by atoms with Gasteiger partial charge in [-0.1, -0.05) is 41.6 Å². The summed E-state index contributed by atoms with van der Waals surface area (Å²) in [6.07, 6.45) is 4.94. The molecule has 2 aromatic heterocycles. The number of hydrogen-bond acceptors (Lipinski definition) is 6. The van der Waals surface area contributed by atoms with Gasteiger partial charge in [0.1, 0.15) is 17.0 Å². The highest BCUT2D eigenvalue weighted by Crippen LogP contribution is 2.29. The van der Waals surface area contributed by atoms with Gasteiger partial charge in [-0.3, -0.25) is 4.98 Å². The van der Waals surface area contributed by atoms with E-state index in [4.69, 9.17) is 9.26 Å². The average molecular weight is 331 g/mol. The van der Waals surface area contributed by atoms with Crippen LogP contribution in [0, 0.1) is 6.92 Å². The van der Waals surface area contributed by atoms with Crippen LogP contribution in [0.3, 0.4) is 0 Å². The highest BCUT2D eigenvalue weighted by atomic mass is 16.6. The van der Waals surface area contributed by atoms with Crippen LogP contribution >= 0.6 is 0 Å². The fourth-order valence-electron chi connectivity index (χ4n) is 2.55. The van der Waals surface area contributed by atoms with Gasteiger partial charge >= 0.3 is 5.97 Å². The van der Waals surface area contributed by atoms with Gasteiger partial charge in [0.2, 0.25) is 5.90 Å². The molecule has 3 heterocycles. The van der Waals surface area contributed by atoms with Crippen LogP contribution in [-0.2, 0) is 9.53 Å². The largest absolute Gasteiger partial charge is 0.402 e. The summed E-state index contributed by atoms with van der Waals surface area (Å²) in [7, 11) is 0. The second-order valence-electron chi connectivity index (χ2n) is 5.45. The van der Waals surface area contributed by atoms with E-state index >= 15 is 0 Å². The number of ether oxygens (including phenoxy) is 1. The Hall–Kier alpha value is -3.54. The maximum Gasteiger partial charge on any atom is 0.363 e. The molecule has 0 spiro atoms. The molecule has 1 aromatic carbocycles. The number of aromatic nitrogens is 2. The van der Waals surface area contributed by atoms with Gasteiger partial charge in [-0.05, 0) is 24.6 Å². The number of cyclic esters (lactones) is 1. The molecule has 0 saturated carbocycles. The molecular weight excluding hydrogens is 318 g/mol. The van der Waals surface area contributed by atoms with Crippen molar-refractivity contribution in [1.29, 1.82) is 0 Å². The number of rotatable bonds is 3. The van der Waals surface area contributed by atoms with Crippen LogP contribution in [0.15, 0.2) is 70.1 Å². The standard InChI is InChI=1S/C19H13N3O3/c1-12-16(17(22-25-12)14-7-3-2-4-8-14)18-21-15(19(23)24-18)10-13-6-5-9-20-11-13/h2-11H,1H3. The molecule has 0 unspecified atom stereocenters. The molecule has 3 aromatic rings. The van der Waals surface area contributed by atoms with Crippen LogP contribution in [0.25, 0.3) is 17.3 Å². The van der Waals surface area contributed by atoms with E-state index in [-0.39, 0.29) is 11.6 Å². The molecular formula is C19H13N3O3. The minimum Gasteiger partial charge on any atom is -0.402 e. The Morgan fingerprint density at radius 3 is 2.68 bits per heavy atom. The summed E-state index contributed by atoms with van der Waals surface area (Å²) in [5, 5.41) is 4.09. The third-order valence-corrected chi connectivity index (χ3v) is 3.73. The summed E-state index contributed by atoms with van der Waals surface area (Å²) in [6, 6.07) is 13.2. The Balaban J connectivity index is 1.77. The lowest BCUT2D eigenvalue weighted by molar-refractivity contribution is -0.129. The zero-order chi connectivity index (χ0) is 17.2. The normalized spacial score (nSPS) is 15.3. The fourth-order valence-corrected chi connectivity index (χ4v) is 2.55. The number of aliphatic imine (C=N–C) groups is 1. The van der Waals surface area contributed by atoms with Gasteiger partial charge in [-0.25, -0.2) is 9.79 Å². The summed E-state index contributed by atoms with van der Waals surface area (Å²) in [5.41, 5.74) is 3.01. The molecule has 6 heteroatoms. The molecule has 6 nitrogen and oxygen atoms in total. The van der Waals surface area contributed by atoms with Crippen LogP contribution in [0.4, 0.5) is 0 Å². The Labute approximate surface area is 143 Å². The van der Waals surface area contributed by atoms with E-state index in [1.54, 1.807) is 31.5 Å². The molecule has 1 aliphatic rings. The lowest BCUT2D eigenvalue weighted by Gasteiger charge is -2.01. The van der Waals surface area contributed by atoms with Crippen LogP contribution < -0.4 is 0 Å². The van der Waals surface area contributed by atoms with Crippen LogP contribution in [-0.4, -0.2) is 22.0 Å². The lowest BCUT2D eigenvalue weighted by Crippen LogP contribution is -2.07. The van der Waals surface area contributed by atoms with Crippen molar-refractivity contribution in [2.24, 2.45) is 4.99 Å². The van der Waals surface area contributed by atoms with Crippen molar-refractivity contribution in [1.82, 2.24) is 10.1 Å². The SMILES string of the molecule is Cc1onc(-c2ccccc2)c1C1=NC(=Cc2cccnc2)C(=O)O1. The molecule has 0 atom stereocenters. The van der Waals surface area contributed by atoms with Crippen molar-refractivity contribution in [3.63, 3.8) is 0 Å². The van der Waals surface area contributed by atoms with E-state index in [2.05, 4.69) is 15.1 Å². The Bertz CT molecular complexity index is 989. The van der Waals surface area contributed by atoms with Gasteiger partial charge in [0.15, 0.2) is 5.70 Å². The number of benzene rings is 1. The third kappa shape index (κ3) is 2.85. The Kier molecular flexibility index (Phi) is 3.70. The molecule has 4 rings (SSSR count). The molecule has 0 saturated heterocycles. The number of carbonyl (C=O) groups is 1. The quantitative estimate of drug-likeness (QED) is 0.543. The number of nitrogens with zero attached hydrogens (tertiary/aromatic N) is 3. The highest BCUT2D eigenvalue weighted by molar-refractivity contribution is 6.15. The first-order valence-corrected chi connectivity index (χ1v) is 7.67. The van der Waals surface area contributed by atoms with Gasteiger partial charge < -0.3 is 9.26 Å². The summed E-state index contributed by atoms with van der Waals surface area (Å²) >= 11 is 0. The van der Waals surface area contributed by atoms with Gasteiger partial charge in [0.05, 0.1) is 0 Å². The summed E-state index contributed by atoms with van der Waals surface area (Å²) in [5.74, 6) is 0.212. The van der Waals surface area contributed by atoms with Crippen molar-refractivity contribution in [3.8, 4) is 11.3 Å². The van der Waals surface area contributed by atoms with Crippen molar-refractivity contribution >= 4 is 17.9 Å². The predicted octanol–water partition coefficient (Wildman–Crippen LogP) is 3.39. The number of pyridine rings is 1. The molecule has 0 fully saturated rings. The van der Waals surface area contributed by atoms with Gasteiger partial charge in [0, 0.05) is 18.0 Å².